The second-order valence-corrected chi connectivity index (χ2v) is 7.77. The number of rotatable bonds is 2. The number of hydrogen-bond acceptors (Lipinski definition) is 2. The van der Waals surface area contributed by atoms with Crippen LogP contribution in [0.4, 0.5) is 5.69 Å². The van der Waals surface area contributed by atoms with Gasteiger partial charge in [0.05, 0.1) is 0 Å². The molecule has 1 heterocycles. The van der Waals surface area contributed by atoms with Crippen LogP contribution in [-0.2, 0) is 4.74 Å². The van der Waals surface area contributed by atoms with Gasteiger partial charge in [0.15, 0.2) is 6.73 Å². The van der Waals surface area contributed by atoms with Crippen molar-refractivity contribution in [3.05, 3.63) is 42.3 Å². The third-order valence-electron chi connectivity index (χ3n) is 6.28. The Morgan fingerprint density at radius 2 is 1.52 bits per heavy atom. The zero-order valence-electron chi connectivity index (χ0n) is 12.5. The minimum Gasteiger partial charge on any atom is -0.475 e. The first-order valence-electron chi connectivity index (χ1n) is 8.48. The van der Waals surface area contributed by atoms with Crippen LogP contribution in [0.15, 0.2) is 42.3 Å². The second kappa shape index (κ2) is 4.28. The van der Waals surface area contributed by atoms with Gasteiger partial charge in [0.25, 0.3) is 0 Å². The molecule has 4 fully saturated rings. The number of benzene rings is 1. The van der Waals surface area contributed by atoms with Crippen LogP contribution in [0.5, 0.6) is 0 Å². The minimum atomic E-state index is 0.387. The Kier molecular flexibility index (Phi) is 2.47. The van der Waals surface area contributed by atoms with Gasteiger partial charge in [-0.2, -0.15) is 0 Å². The van der Waals surface area contributed by atoms with Crippen LogP contribution in [0.2, 0.25) is 0 Å². The van der Waals surface area contributed by atoms with Gasteiger partial charge in [0.1, 0.15) is 5.76 Å². The molecule has 2 nitrogen and oxygen atoms in total. The van der Waals surface area contributed by atoms with Gasteiger partial charge < -0.3 is 9.64 Å². The van der Waals surface area contributed by atoms with Gasteiger partial charge in [-0.25, -0.2) is 0 Å². The largest absolute Gasteiger partial charge is 0.475 e. The SMILES string of the molecule is C1=C(C23CC4CC(CC(C4)C2)C3)OCN1c1ccccc1. The summed E-state index contributed by atoms with van der Waals surface area (Å²) >= 11 is 0. The lowest BCUT2D eigenvalue weighted by Crippen LogP contribution is -2.47. The first kappa shape index (κ1) is 12.1. The minimum absolute atomic E-state index is 0.387. The molecular weight excluding hydrogens is 258 g/mol. The van der Waals surface area contributed by atoms with Gasteiger partial charge in [0, 0.05) is 17.3 Å². The fraction of sp³-hybridized carbons (Fsp3) is 0.579. The zero-order chi connectivity index (χ0) is 13.9. The predicted octanol–water partition coefficient (Wildman–Crippen LogP) is 4.54. The van der Waals surface area contributed by atoms with E-state index in [0.717, 1.165) is 17.8 Å². The topological polar surface area (TPSA) is 12.5 Å². The number of allylic oxidation sites excluding steroid dienone is 1. The lowest BCUT2D eigenvalue weighted by molar-refractivity contribution is -0.0565. The van der Waals surface area contributed by atoms with Gasteiger partial charge >= 0.3 is 0 Å². The maximum Gasteiger partial charge on any atom is 0.164 e. The van der Waals surface area contributed by atoms with Crippen molar-refractivity contribution in [2.75, 3.05) is 11.6 Å². The molecule has 0 atom stereocenters. The Balaban J connectivity index is 1.46. The van der Waals surface area contributed by atoms with E-state index in [2.05, 4.69) is 41.4 Å². The molecule has 110 valence electrons. The van der Waals surface area contributed by atoms with E-state index < -0.39 is 0 Å². The maximum atomic E-state index is 6.19. The highest BCUT2D eigenvalue weighted by Gasteiger charge is 2.54. The van der Waals surface area contributed by atoms with E-state index in [-0.39, 0.29) is 0 Å². The van der Waals surface area contributed by atoms with E-state index in [0.29, 0.717) is 12.1 Å². The summed E-state index contributed by atoms with van der Waals surface area (Å²) in [6, 6.07) is 10.6. The lowest BCUT2D eigenvalue weighted by atomic mass is 9.49. The van der Waals surface area contributed by atoms with E-state index in [1.807, 2.05) is 0 Å². The summed E-state index contributed by atoms with van der Waals surface area (Å²) in [6.07, 6.45) is 10.9. The van der Waals surface area contributed by atoms with E-state index in [1.54, 1.807) is 0 Å². The van der Waals surface area contributed by atoms with Gasteiger partial charge in [-0.1, -0.05) is 18.2 Å². The van der Waals surface area contributed by atoms with Crippen molar-refractivity contribution in [3.8, 4) is 0 Å². The molecule has 1 aromatic rings. The fourth-order valence-electron chi connectivity index (χ4n) is 5.83. The average Bonchev–Trinajstić information content (AvgIpc) is 2.97. The summed E-state index contributed by atoms with van der Waals surface area (Å²) in [5.41, 5.74) is 1.63. The van der Waals surface area contributed by atoms with Crippen molar-refractivity contribution < 1.29 is 4.74 Å². The monoisotopic (exact) mass is 281 g/mol. The molecule has 4 bridgehead atoms. The van der Waals surface area contributed by atoms with E-state index >= 15 is 0 Å². The van der Waals surface area contributed by atoms with Crippen molar-refractivity contribution in [3.63, 3.8) is 0 Å². The number of para-hydroxylation sites is 1. The highest BCUT2D eigenvalue weighted by Crippen LogP contribution is 2.63. The molecule has 6 rings (SSSR count). The standard InChI is InChI=1S/C19H23NO/c1-2-4-17(5-3-1)20-12-18(21-13-20)19-9-14-6-15(10-19)8-16(7-14)11-19/h1-5,12,14-16H,6-11,13H2. The summed E-state index contributed by atoms with van der Waals surface area (Å²) in [7, 11) is 0. The molecule has 2 heteroatoms. The molecule has 0 unspecified atom stereocenters. The molecule has 5 aliphatic rings. The fourth-order valence-corrected chi connectivity index (χ4v) is 5.83. The number of anilines is 1. The van der Waals surface area contributed by atoms with Crippen LogP contribution in [0.1, 0.15) is 38.5 Å². The molecule has 0 radical (unpaired) electrons. The predicted molar refractivity (Wildman–Crippen MR) is 83.6 cm³/mol. The van der Waals surface area contributed by atoms with Crippen molar-refractivity contribution >= 4 is 5.69 Å². The van der Waals surface area contributed by atoms with Gasteiger partial charge in [-0.15, -0.1) is 0 Å². The van der Waals surface area contributed by atoms with Crippen molar-refractivity contribution in [1.82, 2.24) is 0 Å². The van der Waals surface area contributed by atoms with Gasteiger partial charge in [-0.3, -0.25) is 0 Å². The third kappa shape index (κ3) is 1.84. The van der Waals surface area contributed by atoms with Gasteiger partial charge in [-0.05, 0) is 68.4 Å². The van der Waals surface area contributed by atoms with Crippen LogP contribution < -0.4 is 4.90 Å². The molecule has 0 saturated heterocycles. The number of hydrogen-bond donors (Lipinski definition) is 0. The molecule has 0 aromatic heterocycles. The Morgan fingerprint density at radius 1 is 0.905 bits per heavy atom. The molecule has 1 aliphatic heterocycles. The number of nitrogens with zero attached hydrogens (tertiary/aromatic N) is 1. The maximum absolute atomic E-state index is 6.19. The van der Waals surface area contributed by atoms with Crippen LogP contribution >= 0.6 is 0 Å². The van der Waals surface area contributed by atoms with Crippen LogP contribution in [0.25, 0.3) is 0 Å². The van der Waals surface area contributed by atoms with Crippen molar-refractivity contribution in [1.29, 1.82) is 0 Å². The van der Waals surface area contributed by atoms with Gasteiger partial charge in [0.2, 0.25) is 0 Å². The molecular formula is C19H23NO. The molecule has 0 N–H and O–H groups in total. The van der Waals surface area contributed by atoms with Crippen LogP contribution in [0, 0.1) is 23.2 Å². The average molecular weight is 281 g/mol. The number of ether oxygens (including phenoxy) is 1. The smallest absolute Gasteiger partial charge is 0.164 e. The summed E-state index contributed by atoms with van der Waals surface area (Å²) in [5, 5.41) is 0. The van der Waals surface area contributed by atoms with E-state index in [4.69, 9.17) is 4.74 Å². The summed E-state index contributed by atoms with van der Waals surface area (Å²) in [4.78, 5) is 2.27. The normalized spacial score (nSPS) is 40.3. The lowest BCUT2D eigenvalue weighted by Gasteiger charge is -2.56. The highest BCUT2D eigenvalue weighted by molar-refractivity contribution is 5.50. The molecule has 0 spiro atoms. The third-order valence-corrected chi connectivity index (χ3v) is 6.28. The first-order valence-corrected chi connectivity index (χ1v) is 8.48. The van der Waals surface area contributed by atoms with Crippen molar-refractivity contribution in [2.45, 2.75) is 38.5 Å². The zero-order valence-corrected chi connectivity index (χ0v) is 12.5. The van der Waals surface area contributed by atoms with Crippen molar-refractivity contribution in [2.24, 2.45) is 23.2 Å². The molecule has 21 heavy (non-hydrogen) atoms. The summed E-state index contributed by atoms with van der Waals surface area (Å²) in [5.74, 6) is 4.23. The Morgan fingerprint density at radius 3 is 2.14 bits per heavy atom. The molecule has 0 amide bonds. The Hall–Kier alpha value is -1.44. The second-order valence-electron chi connectivity index (χ2n) is 7.77. The van der Waals surface area contributed by atoms with E-state index in [1.165, 1.54) is 50.0 Å². The Labute approximate surface area is 126 Å². The summed E-state index contributed by atoms with van der Waals surface area (Å²) in [6.45, 7) is 0.696. The quantitative estimate of drug-likeness (QED) is 0.789. The highest BCUT2D eigenvalue weighted by atomic mass is 16.5. The molecule has 4 saturated carbocycles. The van der Waals surface area contributed by atoms with E-state index in [9.17, 15) is 0 Å². The first-order chi connectivity index (χ1) is 10.3. The molecule has 4 aliphatic carbocycles. The van der Waals surface area contributed by atoms with Crippen LogP contribution in [0.3, 0.4) is 0 Å². The van der Waals surface area contributed by atoms with Crippen LogP contribution in [-0.4, -0.2) is 6.73 Å². The Bertz CT molecular complexity index is 541. The summed E-state index contributed by atoms with van der Waals surface area (Å²) < 4.78 is 6.19. The molecule has 1 aromatic carbocycles.